The minimum absolute atomic E-state index is 0.0930. The predicted octanol–water partition coefficient (Wildman–Crippen LogP) is 4.42. The van der Waals surface area contributed by atoms with Gasteiger partial charge in [0.2, 0.25) is 0 Å². The second kappa shape index (κ2) is 10.6. The van der Waals surface area contributed by atoms with E-state index in [1.165, 1.54) is 24.3 Å². The van der Waals surface area contributed by atoms with E-state index in [-0.39, 0.29) is 41.9 Å². The van der Waals surface area contributed by atoms with Gasteiger partial charge in [-0.25, -0.2) is 4.98 Å². The molecule has 2 aromatic heterocycles. The quantitative estimate of drug-likeness (QED) is 0.238. The van der Waals surface area contributed by atoms with Crippen LogP contribution in [0.4, 0.5) is 30.4 Å². The van der Waals surface area contributed by atoms with Crippen LogP contribution < -0.4 is 16.0 Å². The Balaban J connectivity index is 1.57. The number of nitro benzene ring substituents is 1. The molecule has 0 spiro atoms. The molecule has 2 heterocycles. The number of amides is 1. The predicted molar refractivity (Wildman–Crippen MR) is 119 cm³/mol. The van der Waals surface area contributed by atoms with Crippen LogP contribution in [0.15, 0.2) is 60.9 Å². The van der Waals surface area contributed by atoms with E-state index in [0.29, 0.717) is 11.9 Å². The summed E-state index contributed by atoms with van der Waals surface area (Å²) in [5.74, 6) is -0.315. The number of nitrogens with zero attached hydrogens (tertiary/aromatic N) is 3. The third-order valence-corrected chi connectivity index (χ3v) is 4.77. The maximum Gasteiger partial charge on any atom is 0.417 e. The van der Waals surface area contributed by atoms with E-state index in [1.807, 2.05) is 13.0 Å². The van der Waals surface area contributed by atoms with Gasteiger partial charge in [-0.1, -0.05) is 6.07 Å². The van der Waals surface area contributed by atoms with Crippen LogP contribution in [-0.4, -0.2) is 33.9 Å². The fourth-order valence-electron chi connectivity index (χ4n) is 3.02. The molecule has 1 amide bonds. The average Bonchev–Trinajstić information content (AvgIpc) is 2.82. The lowest BCUT2D eigenvalue weighted by Crippen LogP contribution is -2.29. The number of aromatic nitrogens is 2. The van der Waals surface area contributed by atoms with E-state index in [2.05, 4.69) is 25.9 Å². The molecule has 0 saturated carbocycles. The molecule has 3 rings (SSSR count). The van der Waals surface area contributed by atoms with Gasteiger partial charge in [-0.05, 0) is 43.3 Å². The van der Waals surface area contributed by atoms with Crippen molar-refractivity contribution in [2.45, 2.75) is 19.1 Å². The second-order valence-corrected chi connectivity index (χ2v) is 7.22. The van der Waals surface area contributed by atoms with Gasteiger partial charge in [0.05, 0.1) is 22.2 Å². The van der Waals surface area contributed by atoms with E-state index < -0.39 is 22.6 Å². The van der Waals surface area contributed by atoms with Crippen LogP contribution in [0, 0.1) is 10.1 Å². The Labute approximate surface area is 192 Å². The van der Waals surface area contributed by atoms with Crippen molar-refractivity contribution in [1.29, 1.82) is 0 Å². The zero-order valence-corrected chi connectivity index (χ0v) is 18.0. The van der Waals surface area contributed by atoms with Crippen LogP contribution in [-0.2, 0) is 6.18 Å². The number of rotatable bonds is 9. The maximum atomic E-state index is 12.6. The van der Waals surface area contributed by atoms with Crippen LogP contribution in [0.5, 0.6) is 0 Å². The van der Waals surface area contributed by atoms with Gasteiger partial charge in [-0.3, -0.25) is 19.9 Å². The SMILES string of the molecule is CC(Nc1ccc(C(=O)NCCNc2ccc(C(F)(F)F)cn2)cc1[N+](=O)[O-])c1ccccn1. The Morgan fingerprint density at radius 3 is 2.53 bits per heavy atom. The lowest BCUT2D eigenvalue weighted by Gasteiger charge is -2.15. The topological polar surface area (TPSA) is 122 Å². The molecule has 0 fully saturated rings. The normalized spacial score (nSPS) is 12.0. The fourth-order valence-corrected chi connectivity index (χ4v) is 3.02. The molecule has 34 heavy (non-hydrogen) atoms. The molecule has 0 saturated heterocycles. The molecule has 1 unspecified atom stereocenters. The van der Waals surface area contributed by atoms with Gasteiger partial charge in [0.25, 0.3) is 11.6 Å². The van der Waals surface area contributed by atoms with Crippen molar-refractivity contribution in [2.75, 3.05) is 23.7 Å². The summed E-state index contributed by atoms with van der Waals surface area (Å²) in [5, 5.41) is 20.0. The average molecular weight is 474 g/mol. The number of halogens is 3. The van der Waals surface area contributed by atoms with Gasteiger partial charge in [0, 0.05) is 37.1 Å². The molecule has 0 aliphatic rings. The number of nitrogens with one attached hydrogen (secondary N) is 3. The monoisotopic (exact) mass is 474 g/mol. The van der Waals surface area contributed by atoms with E-state index in [4.69, 9.17) is 0 Å². The number of nitro groups is 1. The Kier molecular flexibility index (Phi) is 7.61. The minimum Gasteiger partial charge on any atom is -0.371 e. The molecule has 1 aromatic carbocycles. The maximum absolute atomic E-state index is 12.6. The van der Waals surface area contributed by atoms with Crippen molar-refractivity contribution < 1.29 is 22.9 Å². The number of hydrogen-bond acceptors (Lipinski definition) is 7. The Morgan fingerprint density at radius 2 is 1.91 bits per heavy atom. The molecule has 178 valence electrons. The van der Waals surface area contributed by atoms with Gasteiger partial charge in [-0.2, -0.15) is 13.2 Å². The summed E-state index contributed by atoms with van der Waals surface area (Å²) in [6.07, 6.45) is -2.13. The first-order valence-corrected chi connectivity index (χ1v) is 10.2. The van der Waals surface area contributed by atoms with Crippen molar-refractivity contribution in [2.24, 2.45) is 0 Å². The van der Waals surface area contributed by atoms with Crippen molar-refractivity contribution in [3.05, 3.63) is 87.9 Å². The molecular weight excluding hydrogens is 453 g/mol. The van der Waals surface area contributed by atoms with Crippen molar-refractivity contribution in [1.82, 2.24) is 15.3 Å². The number of carbonyl (C=O) groups is 1. The van der Waals surface area contributed by atoms with Crippen molar-refractivity contribution in [3.63, 3.8) is 0 Å². The highest BCUT2D eigenvalue weighted by Gasteiger charge is 2.30. The van der Waals surface area contributed by atoms with E-state index in [0.717, 1.165) is 6.07 Å². The van der Waals surface area contributed by atoms with E-state index >= 15 is 0 Å². The summed E-state index contributed by atoms with van der Waals surface area (Å²) < 4.78 is 37.7. The number of carbonyl (C=O) groups excluding carboxylic acids is 1. The van der Waals surface area contributed by atoms with Crippen LogP contribution in [0.25, 0.3) is 0 Å². The summed E-state index contributed by atoms with van der Waals surface area (Å²) in [5.41, 5.74) is -0.0818. The molecule has 0 bridgehead atoms. The Hall–Kier alpha value is -4.22. The van der Waals surface area contributed by atoms with Gasteiger partial charge in [-0.15, -0.1) is 0 Å². The van der Waals surface area contributed by atoms with Gasteiger partial charge >= 0.3 is 6.18 Å². The molecule has 12 heteroatoms. The van der Waals surface area contributed by atoms with Crippen LogP contribution in [0.3, 0.4) is 0 Å². The molecule has 3 N–H and O–H groups in total. The minimum atomic E-state index is -4.47. The van der Waals surface area contributed by atoms with E-state index in [9.17, 15) is 28.1 Å². The zero-order chi connectivity index (χ0) is 24.7. The first-order valence-electron chi connectivity index (χ1n) is 10.2. The summed E-state index contributed by atoms with van der Waals surface area (Å²) in [7, 11) is 0. The number of pyridine rings is 2. The first-order chi connectivity index (χ1) is 16.1. The molecule has 0 aliphatic heterocycles. The third kappa shape index (κ3) is 6.40. The summed E-state index contributed by atoms with van der Waals surface area (Å²) in [4.78, 5) is 31.3. The molecule has 1 atom stereocenters. The summed E-state index contributed by atoms with van der Waals surface area (Å²) in [6, 6.07) is 11.2. The first kappa shape index (κ1) is 24.4. The highest BCUT2D eigenvalue weighted by Crippen LogP contribution is 2.30. The number of anilines is 2. The zero-order valence-electron chi connectivity index (χ0n) is 18.0. The number of alkyl halides is 3. The van der Waals surface area contributed by atoms with Crippen LogP contribution in [0.1, 0.15) is 34.6 Å². The second-order valence-electron chi connectivity index (χ2n) is 7.22. The standard InChI is InChI=1S/C22H21F3N6O3/c1-14(17-4-2-3-9-26-17)30-18-7-5-15(12-19(18)31(33)34)21(32)28-11-10-27-20-8-6-16(13-29-20)22(23,24)25/h2-9,12-14,30H,10-11H2,1H3,(H,27,29)(H,28,32). The summed E-state index contributed by atoms with van der Waals surface area (Å²) in [6.45, 7) is 2.12. The molecule has 3 aromatic rings. The number of benzene rings is 1. The van der Waals surface area contributed by atoms with E-state index in [1.54, 1.807) is 18.3 Å². The lowest BCUT2D eigenvalue weighted by atomic mass is 10.1. The Bertz CT molecular complexity index is 1140. The smallest absolute Gasteiger partial charge is 0.371 e. The molecule has 0 aliphatic carbocycles. The Morgan fingerprint density at radius 1 is 1.12 bits per heavy atom. The highest BCUT2D eigenvalue weighted by atomic mass is 19.4. The lowest BCUT2D eigenvalue weighted by molar-refractivity contribution is -0.384. The van der Waals surface area contributed by atoms with Gasteiger partial charge in [0.1, 0.15) is 11.5 Å². The summed E-state index contributed by atoms with van der Waals surface area (Å²) >= 11 is 0. The van der Waals surface area contributed by atoms with Gasteiger partial charge in [0.15, 0.2) is 0 Å². The fraction of sp³-hybridized carbons (Fsp3) is 0.227. The molecule has 9 nitrogen and oxygen atoms in total. The third-order valence-electron chi connectivity index (χ3n) is 4.77. The largest absolute Gasteiger partial charge is 0.417 e. The highest BCUT2D eigenvalue weighted by molar-refractivity contribution is 5.95. The number of hydrogen-bond donors (Lipinski definition) is 3. The van der Waals surface area contributed by atoms with Crippen molar-refractivity contribution >= 4 is 23.1 Å². The molecule has 0 radical (unpaired) electrons. The van der Waals surface area contributed by atoms with Crippen LogP contribution >= 0.6 is 0 Å². The van der Waals surface area contributed by atoms with Crippen LogP contribution in [0.2, 0.25) is 0 Å². The molecular formula is C22H21F3N6O3. The van der Waals surface area contributed by atoms with Gasteiger partial charge < -0.3 is 16.0 Å². The van der Waals surface area contributed by atoms with Crippen molar-refractivity contribution in [3.8, 4) is 0 Å².